The summed E-state index contributed by atoms with van der Waals surface area (Å²) in [5, 5.41) is 3.93. The lowest BCUT2D eigenvalue weighted by atomic mass is 10.2. The van der Waals surface area contributed by atoms with Gasteiger partial charge in [0.2, 0.25) is 5.91 Å². The molecule has 0 aliphatic heterocycles. The molecular formula is C19H17N5O3S. The Hall–Kier alpha value is -3.33. The third-order valence-corrected chi connectivity index (χ3v) is 5.58. The molecule has 0 bridgehead atoms. The second-order valence-corrected chi connectivity index (χ2v) is 7.54. The molecule has 1 amide bonds. The van der Waals surface area contributed by atoms with Crippen molar-refractivity contribution in [1.29, 1.82) is 0 Å². The molecule has 0 atom stereocenters. The highest BCUT2D eigenvalue weighted by Crippen LogP contribution is 2.22. The lowest BCUT2D eigenvalue weighted by Crippen LogP contribution is -2.37. The average Bonchev–Trinajstić information content (AvgIpc) is 3.12. The van der Waals surface area contributed by atoms with Crippen LogP contribution in [0.2, 0.25) is 0 Å². The number of aromatic nitrogens is 4. The summed E-state index contributed by atoms with van der Waals surface area (Å²) >= 11 is 1.57. The van der Waals surface area contributed by atoms with Crippen molar-refractivity contribution < 1.29 is 4.79 Å². The minimum atomic E-state index is -0.448. The molecule has 0 radical (unpaired) electrons. The van der Waals surface area contributed by atoms with Crippen LogP contribution in [0.3, 0.4) is 0 Å². The maximum Gasteiger partial charge on any atom is 0.332 e. The van der Waals surface area contributed by atoms with Gasteiger partial charge in [0.25, 0.3) is 5.56 Å². The molecule has 9 heteroatoms. The number of rotatable bonds is 4. The van der Waals surface area contributed by atoms with E-state index in [1.165, 1.54) is 17.8 Å². The summed E-state index contributed by atoms with van der Waals surface area (Å²) in [6.45, 7) is 0. The van der Waals surface area contributed by atoms with Gasteiger partial charge in [-0.2, -0.15) is 0 Å². The predicted molar refractivity (Wildman–Crippen MR) is 109 cm³/mol. The van der Waals surface area contributed by atoms with Crippen molar-refractivity contribution in [3.63, 3.8) is 0 Å². The number of carbonyl (C=O) groups is 1. The Morgan fingerprint density at radius 1 is 1.18 bits per heavy atom. The number of pyridine rings is 1. The predicted octanol–water partition coefficient (Wildman–Crippen LogP) is 1.81. The molecule has 0 saturated heterocycles. The molecule has 0 saturated carbocycles. The van der Waals surface area contributed by atoms with Crippen LogP contribution in [-0.4, -0.2) is 25.0 Å². The van der Waals surface area contributed by atoms with Crippen molar-refractivity contribution in [1.82, 2.24) is 19.1 Å². The molecule has 0 unspecified atom stereocenters. The van der Waals surface area contributed by atoms with Crippen LogP contribution in [-0.2, 0) is 25.3 Å². The number of nitrogens with one attached hydrogen (secondary N) is 1. The summed E-state index contributed by atoms with van der Waals surface area (Å²) in [5.41, 5.74) is 0.731. The van der Waals surface area contributed by atoms with E-state index in [0.717, 1.165) is 19.8 Å². The zero-order chi connectivity index (χ0) is 19.8. The third kappa shape index (κ3) is 3.20. The van der Waals surface area contributed by atoms with E-state index in [1.54, 1.807) is 24.5 Å². The van der Waals surface area contributed by atoms with Gasteiger partial charge in [-0.15, -0.1) is 11.3 Å². The minimum absolute atomic E-state index is 0.193. The Labute approximate surface area is 163 Å². The average molecular weight is 395 g/mol. The van der Waals surface area contributed by atoms with Crippen LogP contribution in [0.1, 0.15) is 11.4 Å². The van der Waals surface area contributed by atoms with Crippen LogP contribution < -0.4 is 16.6 Å². The number of hydrogen-bond donors (Lipinski definition) is 1. The molecule has 1 aromatic carbocycles. The van der Waals surface area contributed by atoms with E-state index in [0.29, 0.717) is 12.1 Å². The number of hydrogen-bond acceptors (Lipinski definition) is 6. The van der Waals surface area contributed by atoms with Crippen LogP contribution in [0.25, 0.3) is 21.3 Å². The van der Waals surface area contributed by atoms with E-state index < -0.39 is 11.2 Å². The maximum absolute atomic E-state index is 12.3. The standard InChI is InChI=1S/C19H17N5O3S/c1-23-17-12(18(26)24(2)19(23)27)9-11(10-20-17)21-15(25)7-8-16-22-13-5-3-4-6-14(13)28-16/h3-6,9-10H,7-8H2,1-2H3,(H,21,25). The lowest BCUT2D eigenvalue weighted by Gasteiger charge is -2.09. The molecule has 8 nitrogen and oxygen atoms in total. The molecule has 1 N–H and O–H groups in total. The van der Waals surface area contributed by atoms with Crippen molar-refractivity contribution in [2.75, 3.05) is 5.32 Å². The molecule has 0 fully saturated rings. The van der Waals surface area contributed by atoms with Crippen LogP contribution in [0.15, 0.2) is 46.1 Å². The van der Waals surface area contributed by atoms with Gasteiger partial charge in [-0.25, -0.2) is 14.8 Å². The third-order valence-electron chi connectivity index (χ3n) is 4.48. The maximum atomic E-state index is 12.3. The fraction of sp³-hybridized carbons (Fsp3) is 0.211. The molecular weight excluding hydrogens is 378 g/mol. The van der Waals surface area contributed by atoms with E-state index in [9.17, 15) is 14.4 Å². The molecule has 4 aromatic rings. The van der Waals surface area contributed by atoms with Gasteiger partial charge in [-0.1, -0.05) is 12.1 Å². The van der Waals surface area contributed by atoms with Crippen LogP contribution in [0.4, 0.5) is 5.69 Å². The number of carbonyl (C=O) groups excluding carboxylic acids is 1. The Morgan fingerprint density at radius 2 is 1.96 bits per heavy atom. The fourth-order valence-electron chi connectivity index (χ4n) is 3.00. The smallest absolute Gasteiger partial charge is 0.325 e. The Balaban J connectivity index is 1.52. The highest BCUT2D eigenvalue weighted by atomic mass is 32.1. The van der Waals surface area contributed by atoms with Crippen LogP contribution in [0.5, 0.6) is 0 Å². The molecule has 3 aromatic heterocycles. The van der Waals surface area contributed by atoms with E-state index >= 15 is 0 Å². The summed E-state index contributed by atoms with van der Waals surface area (Å²) in [6, 6.07) is 9.39. The van der Waals surface area contributed by atoms with Gasteiger partial charge < -0.3 is 5.32 Å². The van der Waals surface area contributed by atoms with E-state index in [-0.39, 0.29) is 23.4 Å². The van der Waals surface area contributed by atoms with Crippen LogP contribution >= 0.6 is 11.3 Å². The number of amides is 1. The number of para-hydroxylation sites is 1. The van der Waals surface area contributed by atoms with Crippen molar-refractivity contribution >= 4 is 44.2 Å². The number of benzene rings is 1. The summed E-state index contributed by atoms with van der Waals surface area (Å²) in [7, 11) is 2.96. The summed E-state index contributed by atoms with van der Waals surface area (Å²) in [5.74, 6) is -0.193. The molecule has 3 heterocycles. The van der Waals surface area contributed by atoms with E-state index in [4.69, 9.17) is 0 Å². The van der Waals surface area contributed by atoms with Gasteiger partial charge in [0.15, 0.2) is 0 Å². The topological polar surface area (TPSA) is 98.9 Å². The number of fused-ring (bicyclic) bond motifs is 2. The summed E-state index contributed by atoms with van der Waals surface area (Å²) in [6.07, 6.45) is 2.24. The van der Waals surface area contributed by atoms with Crippen molar-refractivity contribution in [2.24, 2.45) is 14.1 Å². The Morgan fingerprint density at radius 3 is 2.75 bits per heavy atom. The molecule has 0 aliphatic rings. The number of thiazole rings is 1. The molecule has 28 heavy (non-hydrogen) atoms. The van der Waals surface area contributed by atoms with E-state index in [2.05, 4.69) is 15.3 Å². The SMILES string of the molecule is Cn1c(=O)c2cc(NC(=O)CCc3nc4ccccc4s3)cnc2n(C)c1=O. The fourth-order valence-corrected chi connectivity index (χ4v) is 3.97. The van der Waals surface area contributed by atoms with Crippen molar-refractivity contribution in [3.05, 3.63) is 62.4 Å². The first kappa shape index (κ1) is 18.1. The highest BCUT2D eigenvalue weighted by Gasteiger charge is 2.12. The van der Waals surface area contributed by atoms with Gasteiger partial charge in [0, 0.05) is 26.9 Å². The van der Waals surface area contributed by atoms with Crippen molar-refractivity contribution in [2.45, 2.75) is 12.8 Å². The first-order chi connectivity index (χ1) is 13.4. The number of aryl methyl sites for hydroxylation is 2. The molecule has 142 valence electrons. The monoisotopic (exact) mass is 395 g/mol. The molecule has 0 aliphatic carbocycles. The first-order valence-electron chi connectivity index (χ1n) is 8.64. The normalized spacial score (nSPS) is 11.2. The van der Waals surface area contributed by atoms with Gasteiger partial charge in [0.1, 0.15) is 5.65 Å². The quantitative estimate of drug-likeness (QED) is 0.568. The second kappa shape index (κ2) is 7.01. The minimum Gasteiger partial charge on any atom is -0.325 e. The zero-order valence-electron chi connectivity index (χ0n) is 15.3. The van der Waals surface area contributed by atoms with E-state index in [1.807, 2.05) is 24.3 Å². The largest absolute Gasteiger partial charge is 0.332 e. The zero-order valence-corrected chi connectivity index (χ0v) is 16.1. The number of anilines is 1. The Bertz CT molecular complexity index is 1300. The lowest BCUT2D eigenvalue weighted by molar-refractivity contribution is -0.116. The van der Waals surface area contributed by atoms with Gasteiger partial charge in [-0.05, 0) is 18.2 Å². The highest BCUT2D eigenvalue weighted by molar-refractivity contribution is 7.18. The number of nitrogens with zero attached hydrogens (tertiary/aromatic N) is 4. The van der Waals surface area contributed by atoms with Crippen molar-refractivity contribution in [3.8, 4) is 0 Å². The van der Waals surface area contributed by atoms with Gasteiger partial charge in [0.05, 0.1) is 32.5 Å². The summed E-state index contributed by atoms with van der Waals surface area (Å²) < 4.78 is 3.41. The summed E-state index contributed by atoms with van der Waals surface area (Å²) in [4.78, 5) is 45.3. The van der Waals surface area contributed by atoms with Crippen LogP contribution in [0, 0.1) is 0 Å². The van der Waals surface area contributed by atoms with Gasteiger partial charge in [-0.3, -0.25) is 18.7 Å². The second-order valence-electron chi connectivity index (χ2n) is 6.42. The Kier molecular flexibility index (Phi) is 4.52. The molecule has 4 rings (SSSR count). The first-order valence-corrected chi connectivity index (χ1v) is 9.46. The van der Waals surface area contributed by atoms with Gasteiger partial charge >= 0.3 is 5.69 Å². The molecule has 0 spiro atoms.